The lowest BCUT2D eigenvalue weighted by molar-refractivity contribution is 0.0984. The van der Waals surface area contributed by atoms with Crippen LogP contribution in [0.5, 0.6) is 0 Å². The highest BCUT2D eigenvalue weighted by Gasteiger charge is 2.41. The van der Waals surface area contributed by atoms with Gasteiger partial charge in [-0.15, -0.1) is 0 Å². The van der Waals surface area contributed by atoms with Crippen LogP contribution < -0.4 is 10.6 Å². The molecule has 2 fully saturated rings. The number of urea groups is 1. The molecule has 0 aliphatic carbocycles. The number of rotatable bonds is 2. The zero-order valence-corrected chi connectivity index (χ0v) is 11.5. The smallest absolute Gasteiger partial charge is 0.319 e. The monoisotopic (exact) mass is 280 g/mol. The summed E-state index contributed by atoms with van der Waals surface area (Å²) in [7, 11) is 0. The second-order valence-corrected chi connectivity index (χ2v) is 5.65. The summed E-state index contributed by atoms with van der Waals surface area (Å²) in [6.07, 6.45) is 3.59. The Morgan fingerprint density at radius 3 is 2.89 bits per heavy atom. The van der Waals surface area contributed by atoms with Crippen molar-refractivity contribution in [3.8, 4) is 0 Å². The second-order valence-electron chi connectivity index (χ2n) is 5.25. The van der Waals surface area contributed by atoms with Crippen LogP contribution in [0.25, 0.3) is 0 Å². The molecule has 2 heterocycles. The normalized spacial score (nSPS) is 28.4. The van der Waals surface area contributed by atoms with Crippen molar-refractivity contribution in [3.63, 3.8) is 0 Å². The van der Waals surface area contributed by atoms with Crippen LogP contribution in [-0.4, -0.2) is 24.3 Å². The van der Waals surface area contributed by atoms with Crippen molar-refractivity contribution >= 4 is 23.3 Å². The van der Waals surface area contributed by atoms with Gasteiger partial charge in [-0.2, -0.15) is 0 Å². The van der Waals surface area contributed by atoms with Crippen molar-refractivity contribution in [2.75, 3.05) is 5.32 Å². The van der Waals surface area contributed by atoms with E-state index >= 15 is 0 Å². The molecule has 102 valence electrons. The first-order valence-corrected chi connectivity index (χ1v) is 6.99. The quantitative estimate of drug-likeness (QED) is 0.875. The molecule has 2 aliphatic rings. The Balaban J connectivity index is 1.62. The standard InChI is InChI=1S/C14H17ClN2O2/c1-8-3-2-4-10(15)13(8)17-14(18)16-11-7-9-5-6-12(11)19-9/h2-4,9,11-12H,5-7H2,1H3,(H2,16,17,18). The lowest BCUT2D eigenvalue weighted by Gasteiger charge is -2.20. The lowest BCUT2D eigenvalue weighted by Crippen LogP contribution is -2.43. The lowest BCUT2D eigenvalue weighted by atomic mass is 9.96. The fraction of sp³-hybridized carbons (Fsp3) is 0.500. The first kappa shape index (κ1) is 12.8. The maximum atomic E-state index is 12.0. The van der Waals surface area contributed by atoms with Gasteiger partial charge in [0.1, 0.15) is 0 Å². The third-order valence-electron chi connectivity index (χ3n) is 3.88. The highest BCUT2D eigenvalue weighted by molar-refractivity contribution is 6.33. The predicted molar refractivity (Wildman–Crippen MR) is 74.6 cm³/mol. The summed E-state index contributed by atoms with van der Waals surface area (Å²) in [6, 6.07) is 5.47. The zero-order chi connectivity index (χ0) is 13.4. The van der Waals surface area contributed by atoms with E-state index in [0.29, 0.717) is 16.8 Å². The molecule has 2 amide bonds. The van der Waals surface area contributed by atoms with E-state index in [9.17, 15) is 4.79 Å². The third kappa shape index (κ3) is 2.55. The molecule has 1 aromatic carbocycles. The first-order valence-electron chi connectivity index (χ1n) is 6.61. The highest BCUT2D eigenvalue weighted by atomic mass is 35.5. The van der Waals surface area contributed by atoms with Crippen LogP contribution in [0.2, 0.25) is 5.02 Å². The number of ether oxygens (including phenoxy) is 1. The van der Waals surface area contributed by atoms with E-state index in [2.05, 4.69) is 10.6 Å². The predicted octanol–water partition coefficient (Wildman–Crippen LogP) is 3.09. The minimum atomic E-state index is -0.211. The van der Waals surface area contributed by atoms with Gasteiger partial charge >= 0.3 is 6.03 Å². The molecule has 19 heavy (non-hydrogen) atoms. The fourth-order valence-corrected chi connectivity index (χ4v) is 3.17. The molecule has 0 spiro atoms. The van der Waals surface area contributed by atoms with Crippen LogP contribution in [0.3, 0.4) is 0 Å². The SMILES string of the molecule is Cc1cccc(Cl)c1NC(=O)NC1CC2CCC1O2. The Hall–Kier alpha value is -1.26. The van der Waals surface area contributed by atoms with Gasteiger partial charge in [-0.05, 0) is 37.8 Å². The Bertz CT molecular complexity index is 486. The van der Waals surface area contributed by atoms with Crippen LogP contribution in [0.4, 0.5) is 10.5 Å². The average Bonchev–Trinajstić information content (AvgIpc) is 2.96. The number of halogens is 1. The van der Waals surface area contributed by atoms with E-state index in [1.807, 2.05) is 19.1 Å². The molecule has 2 bridgehead atoms. The number of nitrogens with one attached hydrogen (secondary N) is 2. The number of para-hydroxylation sites is 1. The van der Waals surface area contributed by atoms with Gasteiger partial charge in [-0.25, -0.2) is 4.79 Å². The minimum Gasteiger partial charge on any atom is -0.373 e. The largest absolute Gasteiger partial charge is 0.373 e. The van der Waals surface area contributed by atoms with Gasteiger partial charge in [-0.1, -0.05) is 23.7 Å². The van der Waals surface area contributed by atoms with Crippen LogP contribution in [0, 0.1) is 6.92 Å². The number of carbonyl (C=O) groups is 1. The number of benzene rings is 1. The molecular formula is C14H17ClN2O2. The highest BCUT2D eigenvalue weighted by Crippen LogP contribution is 2.34. The maximum absolute atomic E-state index is 12.0. The Labute approximate surface area is 117 Å². The van der Waals surface area contributed by atoms with Crippen molar-refractivity contribution in [1.29, 1.82) is 0 Å². The summed E-state index contributed by atoms with van der Waals surface area (Å²) in [5, 5.41) is 6.36. The Morgan fingerprint density at radius 2 is 2.26 bits per heavy atom. The van der Waals surface area contributed by atoms with E-state index in [1.165, 1.54) is 0 Å². The molecule has 3 atom stereocenters. The van der Waals surface area contributed by atoms with Crippen molar-refractivity contribution in [3.05, 3.63) is 28.8 Å². The number of aryl methyl sites for hydroxylation is 1. The van der Waals surface area contributed by atoms with Gasteiger partial charge < -0.3 is 15.4 Å². The van der Waals surface area contributed by atoms with E-state index in [4.69, 9.17) is 16.3 Å². The van der Waals surface area contributed by atoms with Gasteiger partial charge in [0.15, 0.2) is 0 Å². The van der Waals surface area contributed by atoms with Crippen LogP contribution in [0.15, 0.2) is 18.2 Å². The molecule has 0 saturated carbocycles. The third-order valence-corrected chi connectivity index (χ3v) is 4.20. The van der Waals surface area contributed by atoms with Gasteiger partial charge in [0.2, 0.25) is 0 Å². The Morgan fingerprint density at radius 1 is 1.42 bits per heavy atom. The van der Waals surface area contributed by atoms with Crippen molar-refractivity contribution in [2.24, 2.45) is 0 Å². The molecule has 2 N–H and O–H groups in total. The van der Waals surface area contributed by atoms with Crippen LogP contribution in [0.1, 0.15) is 24.8 Å². The molecule has 0 aromatic heterocycles. The summed E-state index contributed by atoms with van der Waals surface area (Å²) >= 11 is 6.09. The molecule has 2 aliphatic heterocycles. The van der Waals surface area contributed by atoms with Crippen molar-refractivity contribution in [2.45, 2.75) is 44.4 Å². The van der Waals surface area contributed by atoms with Gasteiger partial charge in [0.05, 0.1) is 29.0 Å². The van der Waals surface area contributed by atoms with Crippen molar-refractivity contribution < 1.29 is 9.53 Å². The van der Waals surface area contributed by atoms with Gasteiger partial charge in [0, 0.05) is 0 Å². The number of anilines is 1. The zero-order valence-electron chi connectivity index (χ0n) is 10.8. The van der Waals surface area contributed by atoms with Crippen molar-refractivity contribution in [1.82, 2.24) is 5.32 Å². The minimum absolute atomic E-state index is 0.126. The fourth-order valence-electron chi connectivity index (χ4n) is 2.90. The number of hydrogen-bond acceptors (Lipinski definition) is 2. The molecular weight excluding hydrogens is 264 g/mol. The second kappa shape index (κ2) is 5.02. The summed E-state index contributed by atoms with van der Waals surface area (Å²) in [6.45, 7) is 1.92. The summed E-state index contributed by atoms with van der Waals surface area (Å²) in [4.78, 5) is 12.0. The average molecular weight is 281 g/mol. The topological polar surface area (TPSA) is 50.4 Å². The molecule has 3 rings (SSSR count). The number of carbonyl (C=O) groups excluding carboxylic acids is 1. The van der Waals surface area contributed by atoms with Gasteiger partial charge in [-0.3, -0.25) is 0 Å². The van der Waals surface area contributed by atoms with E-state index < -0.39 is 0 Å². The van der Waals surface area contributed by atoms with Crippen LogP contribution >= 0.6 is 11.6 Å². The number of hydrogen-bond donors (Lipinski definition) is 2. The van der Waals surface area contributed by atoms with E-state index in [0.717, 1.165) is 24.8 Å². The van der Waals surface area contributed by atoms with Crippen LogP contribution in [-0.2, 0) is 4.74 Å². The maximum Gasteiger partial charge on any atom is 0.319 e. The van der Waals surface area contributed by atoms with Gasteiger partial charge in [0.25, 0.3) is 0 Å². The summed E-state index contributed by atoms with van der Waals surface area (Å²) in [5.74, 6) is 0. The Kier molecular flexibility index (Phi) is 3.37. The molecule has 3 unspecified atom stereocenters. The molecule has 0 radical (unpaired) electrons. The first-order chi connectivity index (χ1) is 9.13. The molecule has 1 aromatic rings. The van der Waals surface area contributed by atoms with E-state index in [1.54, 1.807) is 6.07 Å². The molecule has 5 heteroatoms. The number of fused-ring (bicyclic) bond motifs is 2. The molecule has 2 saturated heterocycles. The van der Waals surface area contributed by atoms with E-state index in [-0.39, 0.29) is 18.2 Å². The summed E-state index contributed by atoms with van der Waals surface area (Å²) in [5.41, 5.74) is 1.62. The summed E-state index contributed by atoms with van der Waals surface area (Å²) < 4.78 is 5.71. The molecule has 4 nitrogen and oxygen atoms in total. The number of amides is 2.